The van der Waals surface area contributed by atoms with E-state index in [4.69, 9.17) is 0 Å². The highest BCUT2D eigenvalue weighted by Gasteiger charge is 1.96. The van der Waals surface area contributed by atoms with E-state index in [1.54, 1.807) is 0 Å². The second-order valence-electron chi connectivity index (χ2n) is 3.65. The molecule has 80 valence electrons. The molecule has 1 aromatic carbocycles. The zero-order valence-electron chi connectivity index (χ0n) is 9.14. The molecule has 1 rings (SSSR count). The molecule has 0 aliphatic heterocycles. The van der Waals surface area contributed by atoms with E-state index in [1.807, 2.05) is 12.2 Å². The number of rotatable bonds is 5. The molecular formula is C13H16O2. The van der Waals surface area contributed by atoms with Crippen molar-refractivity contribution in [2.24, 2.45) is 0 Å². The van der Waals surface area contributed by atoms with Gasteiger partial charge in [-0.2, -0.15) is 0 Å². The van der Waals surface area contributed by atoms with Gasteiger partial charge in [0.05, 0.1) is 0 Å². The standard InChI is InChI=1S/C13H16O2/c1-11(2)13-7-5-12(6-8-13)4-3-9-15-10-14/h3-8,10-11H,9H2,1-2H3/b4-3+. The zero-order valence-corrected chi connectivity index (χ0v) is 9.14. The lowest BCUT2D eigenvalue weighted by molar-refractivity contribution is -0.127. The molecule has 0 N–H and O–H groups in total. The zero-order chi connectivity index (χ0) is 11.1. The van der Waals surface area contributed by atoms with Crippen LogP contribution in [0.5, 0.6) is 0 Å². The highest BCUT2D eigenvalue weighted by atomic mass is 16.5. The summed E-state index contributed by atoms with van der Waals surface area (Å²) in [6.45, 7) is 5.12. The molecule has 0 bridgehead atoms. The maximum absolute atomic E-state index is 9.88. The molecule has 1 aromatic rings. The number of benzene rings is 1. The van der Waals surface area contributed by atoms with E-state index < -0.39 is 0 Å². The molecule has 0 atom stereocenters. The largest absolute Gasteiger partial charge is 0.464 e. The van der Waals surface area contributed by atoms with Crippen molar-refractivity contribution >= 4 is 12.5 Å². The fourth-order valence-electron chi connectivity index (χ4n) is 1.27. The lowest BCUT2D eigenvalue weighted by Gasteiger charge is -2.04. The fourth-order valence-corrected chi connectivity index (χ4v) is 1.27. The quantitative estimate of drug-likeness (QED) is 0.544. The van der Waals surface area contributed by atoms with Crippen LogP contribution < -0.4 is 0 Å². The lowest BCUT2D eigenvalue weighted by atomic mass is 10.0. The summed E-state index contributed by atoms with van der Waals surface area (Å²) in [5.74, 6) is 0.557. The molecule has 0 saturated carbocycles. The Morgan fingerprint density at radius 1 is 1.27 bits per heavy atom. The van der Waals surface area contributed by atoms with Gasteiger partial charge in [0.2, 0.25) is 0 Å². The Morgan fingerprint density at radius 2 is 1.93 bits per heavy atom. The molecule has 0 radical (unpaired) electrons. The average Bonchev–Trinajstić information content (AvgIpc) is 2.25. The molecule has 0 spiro atoms. The van der Waals surface area contributed by atoms with Gasteiger partial charge in [0.1, 0.15) is 6.61 Å². The van der Waals surface area contributed by atoms with E-state index in [2.05, 4.69) is 42.8 Å². The molecule has 0 heterocycles. The van der Waals surface area contributed by atoms with Crippen molar-refractivity contribution in [1.29, 1.82) is 0 Å². The van der Waals surface area contributed by atoms with Crippen molar-refractivity contribution in [2.75, 3.05) is 6.61 Å². The Morgan fingerprint density at radius 3 is 2.47 bits per heavy atom. The van der Waals surface area contributed by atoms with E-state index in [9.17, 15) is 4.79 Å². The number of hydrogen-bond donors (Lipinski definition) is 0. The smallest absolute Gasteiger partial charge is 0.293 e. The van der Waals surface area contributed by atoms with Gasteiger partial charge in [-0.1, -0.05) is 44.2 Å². The van der Waals surface area contributed by atoms with Crippen LogP contribution in [-0.2, 0) is 9.53 Å². The first-order valence-corrected chi connectivity index (χ1v) is 5.06. The third-order valence-electron chi connectivity index (χ3n) is 2.17. The molecule has 2 heteroatoms. The molecule has 0 unspecified atom stereocenters. The van der Waals surface area contributed by atoms with Crippen molar-refractivity contribution in [1.82, 2.24) is 0 Å². The van der Waals surface area contributed by atoms with E-state index >= 15 is 0 Å². The summed E-state index contributed by atoms with van der Waals surface area (Å²) in [6.07, 6.45) is 3.76. The lowest BCUT2D eigenvalue weighted by Crippen LogP contribution is -1.87. The van der Waals surface area contributed by atoms with E-state index in [1.165, 1.54) is 5.56 Å². The van der Waals surface area contributed by atoms with Crippen LogP contribution in [0.1, 0.15) is 30.9 Å². The van der Waals surface area contributed by atoms with E-state index in [0.29, 0.717) is 19.0 Å². The molecule has 0 fully saturated rings. The van der Waals surface area contributed by atoms with Crippen molar-refractivity contribution in [3.63, 3.8) is 0 Å². The van der Waals surface area contributed by atoms with Gasteiger partial charge in [0, 0.05) is 0 Å². The number of carbonyl (C=O) groups excluding carboxylic acids is 1. The van der Waals surface area contributed by atoms with Crippen LogP contribution in [0.25, 0.3) is 6.08 Å². The molecule has 0 aliphatic carbocycles. The topological polar surface area (TPSA) is 26.3 Å². The summed E-state index contributed by atoms with van der Waals surface area (Å²) in [5.41, 5.74) is 2.45. The Balaban J connectivity index is 2.56. The Bertz CT molecular complexity index is 323. The minimum Gasteiger partial charge on any atom is -0.464 e. The summed E-state index contributed by atoms with van der Waals surface area (Å²) >= 11 is 0. The molecule has 0 saturated heterocycles. The summed E-state index contributed by atoms with van der Waals surface area (Å²) < 4.78 is 4.55. The van der Waals surface area contributed by atoms with Crippen LogP contribution in [0.3, 0.4) is 0 Å². The fraction of sp³-hybridized carbons (Fsp3) is 0.308. The summed E-state index contributed by atoms with van der Waals surface area (Å²) in [5, 5.41) is 0. The van der Waals surface area contributed by atoms with Gasteiger partial charge in [-0.05, 0) is 23.1 Å². The molecule has 0 aromatic heterocycles. The van der Waals surface area contributed by atoms with Crippen molar-refractivity contribution in [3.05, 3.63) is 41.5 Å². The highest BCUT2D eigenvalue weighted by Crippen LogP contribution is 2.15. The summed E-state index contributed by atoms with van der Waals surface area (Å²) in [7, 11) is 0. The predicted octanol–water partition coefficient (Wildman–Crippen LogP) is 3.00. The van der Waals surface area contributed by atoms with E-state index in [-0.39, 0.29) is 0 Å². The van der Waals surface area contributed by atoms with Crippen LogP contribution in [0.4, 0.5) is 0 Å². The monoisotopic (exact) mass is 204 g/mol. The molecule has 0 amide bonds. The molecule has 0 aliphatic rings. The SMILES string of the molecule is CC(C)c1ccc(/C=C/COC=O)cc1. The van der Waals surface area contributed by atoms with Crippen LogP contribution in [-0.4, -0.2) is 13.1 Å². The number of carbonyl (C=O) groups is 1. The number of ether oxygens (including phenoxy) is 1. The maximum atomic E-state index is 9.88. The first-order chi connectivity index (χ1) is 7.24. The number of hydrogen-bond acceptors (Lipinski definition) is 2. The van der Waals surface area contributed by atoms with Gasteiger partial charge in [-0.25, -0.2) is 0 Å². The van der Waals surface area contributed by atoms with Gasteiger partial charge in [0.15, 0.2) is 0 Å². The van der Waals surface area contributed by atoms with Gasteiger partial charge in [-0.3, -0.25) is 4.79 Å². The Kier molecular flexibility index (Phi) is 4.61. The maximum Gasteiger partial charge on any atom is 0.293 e. The predicted molar refractivity (Wildman–Crippen MR) is 61.6 cm³/mol. The van der Waals surface area contributed by atoms with Gasteiger partial charge in [0.25, 0.3) is 6.47 Å². The van der Waals surface area contributed by atoms with Gasteiger partial charge in [-0.15, -0.1) is 0 Å². The Labute approximate surface area is 90.6 Å². The third kappa shape index (κ3) is 3.98. The average molecular weight is 204 g/mol. The second kappa shape index (κ2) is 6.02. The first-order valence-electron chi connectivity index (χ1n) is 5.06. The minimum absolute atomic E-state index is 0.329. The van der Waals surface area contributed by atoms with Crippen molar-refractivity contribution in [2.45, 2.75) is 19.8 Å². The Hall–Kier alpha value is -1.57. The van der Waals surface area contributed by atoms with Crippen LogP contribution in [0.2, 0.25) is 0 Å². The summed E-state index contributed by atoms with van der Waals surface area (Å²) in [4.78, 5) is 9.88. The van der Waals surface area contributed by atoms with E-state index in [0.717, 1.165) is 5.56 Å². The second-order valence-corrected chi connectivity index (χ2v) is 3.65. The molecule has 2 nitrogen and oxygen atoms in total. The first kappa shape index (κ1) is 11.5. The normalized spacial score (nSPS) is 10.9. The third-order valence-corrected chi connectivity index (χ3v) is 2.17. The van der Waals surface area contributed by atoms with Crippen molar-refractivity contribution < 1.29 is 9.53 Å². The minimum atomic E-state index is 0.329. The van der Waals surface area contributed by atoms with Crippen LogP contribution in [0.15, 0.2) is 30.3 Å². The van der Waals surface area contributed by atoms with Crippen LogP contribution >= 0.6 is 0 Å². The van der Waals surface area contributed by atoms with Gasteiger partial charge < -0.3 is 4.74 Å². The van der Waals surface area contributed by atoms with Crippen LogP contribution in [0, 0.1) is 0 Å². The van der Waals surface area contributed by atoms with Gasteiger partial charge >= 0.3 is 0 Å². The molecular weight excluding hydrogens is 188 g/mol. The molecule has 15 heavy (non-hydrogen) atoms. The highest BCUT2D eigenvalue weighted by molar-refractivity contribution is 5.50. The summed E-state index contributed by atoms with van der Waals surface area (Å²) in [6, 6.07) is 8.36. The van der Waals surface area contributed by atoms with Crippen molar-refractivity contribution in [3.8, 4) is 0 Å².